The zero-order valence-corrected chi connectivity index (χ0v) is 19.6. The number of para-hydroxylation sites is 1. The largest absolute Gasteiger partial charge is 0.453 e. The Labute approximate surface area is 198 Å². The molecule has 0 saturated heterocycles. The van der Waals surface area contributed by atoms with Crippen LogP contribution in [0.1, 0.15) is 28.3 Å². The van der Waals surface area contributed by atoms with Gasteiger partial charge in [0.25, 0.3) is 0 Å². The molecule has 10 nitrogen and oxygen atoms in total. The third kappa shape index (κ3) is 5.96. The molecular weight excluding hydrogens is 434 g/mol. The lowest BCUT2D eigenvalue weighted by molar-refractivity contribution is -0.139. The van der Waals surface area contributed by atoms with Crippen LogP contribution in [-0.4, -0.2) is 39.2 Å². The van der Waals surface area contributed by atoms with Crippen molar-refractivity contribution in [2.45, 2.75) is 33.9 Å². The highest BCUT2D eigenvalue weighted by Gasteiger charge is 2.16. The second-order valence-electron chi connectivity index (χ2n) is 7.59. The Morgan fingerprint density at radius 3 is 2.71 bits per heavy atom. The number of nitrogens with two attached hydrogens (primary N) is 1. The highest BCUT2D eigenvalue weighted by molar-refractivity contribution is 5.98. The van der Waals surface area contributed by atoms with Gasteiger partial charge in [0.2, 0.25) is 11.9 Å². The molecule has 3 rings (SSSR count). The van der Waals surface area contributed by atoms with Crippen LogP contribution in [0.2, 0.25) is 0 Å². The molecule has 3 N–H and O–H groups in total. The summed E-state index contributed by atoms with van der Waals surface area (Å²) in [7, 11) is 1.64. The normalized spacial score (nSPS) is 11.2. The molecule has 0 aliphatic rings. The maximum atomic E-state index is 12.6. The van der Waals surface area contributed by atoms with Gasteiger partial charge < -0.3 is 25.1 Å². The Hall–Kier alpha value is -4.23. The average molecular weight is 462 g/mol. The van der Waals surface area contributed by atoms with Crippen molar-refractivity contribution in [3.63, 3.8) is 0 Å². The quantitative estimate of drug-likeness (QED) is 0.279. The first kappa shape index (κ1) is 24.4. The Bertz CT molecular complexity index is 1260. The number of nitrogen functional groups attached to an aromatic ring is 1. The number of carbonyl (C=O) groups excluding carboxylic acids is 1. The van der Waals surface area contributed by atoms with Gasteiger partial charge in [-0.05, 0) is 50.1 Å². The molecule has 0 atom stereocenters. The summed E-state index contributed by atoms with van der Waals surface area (Å²) in [5.41, 5.74) is 10.2. The standard InChI is InChI=1S/C24H27N7O3/c1-15-7-5-6-8-20(15)27-24-29-21(28-23(26)30-24)14-34-22(32)19(13-25)12-18-11-16(2)31(17(18)3)9-10-33-4/h5-8,11-12H,9-10,14H2,1-4H3,(H3,26,27,28,29,30)/b19-12+. The number of aromatic nitrogens is 4. The van der Waals surface area contributed by atoms with Gasteiger partial charge in [-0.15, -0.1) is 0 Å². The van der Waals surface area contributed by atoms with Gasteiger partial charge in [0.1, 0.15) is 11.6 Å². The summed E-state index contributed by atoms with van der Waals surface area (Å²) in [6.07, 6.45) is 1.51. The molecule has 0 radical (unpaired) electrons. The molecule has 10 heteroatoms. The van der Waals surface area contributed by atoms with Crippen LogP contribution in [-0.2, 0) is 27.4 Å². The van der Waals surface area contributed by atoms with E-state index in [1.165, 1.54) is 6.08 Å². The summed E-state index contributed by atoms with van der Waals surface area (Å²) >= 11 is 0. The summed E-state index contributed by atoms with van der Waals surface area (Å²) < 4.78 is 12.5. The molecule has 2 heterocycles. The van der Waals surface area contributed by atoms with E-state index in [9.17, 15) is 10.1 Å². The van der Waals surface area contributed by atoms with E-state index in [1.807, 2.05) is 57.2 Å². The molecular formula is C24H27N7O3. The van der Waals surface area contributed by atoms with Crippen molar-refractivity contribution in [3.05, 3.63) is 64.2 Å². The van der Waals surface area contributed by atoms with E-state index in [2.05, 4.69) is 24.8 Å². The number of nitrogens with zero attached hydrogens (tertiary/aromatic N) is 5. The van der Waals surface area contributed by atoms with Crippen LogP contribution in [0.5, 0.6) is 0 Å². The minimum atomic E-state index is -0.781. The number of rotatable bonds is 9. The zero-order chi connectivity index (χ0) is 24.7. The predicted octanol–water partition coefficient (Wildman–Crippen LogP) is 3.22. The molecule has 0 amide bonds. The minimum absolute atomic E-state index is 0.0170. The third-order valence-electron chi connectivity index (χ3n) is 5.19. The lowest BCUT2D eigenvalue weighted by Gasteiger charge is -2.10. The van der Waals surface area contributed by atoms with E-state index in [0.717, 1.165) is 28.2 Å². The number of hydrogen-bond donors (Lipinski definition) is 2. The molecule has 0 fully saturated rings. The minimum Gasteiger partial charge on any atom is -0.453 e. The number of carbonyl (C=O) groups is 1. The van der Waals surface area contributed by atoms with Crippen LogP contribution in [0.3, 0.4) is 0 Å². The number of esters is 1. The second-order valence-corrected chi connectivity index (χ2v) is 7.59. The van der Waals surface area contributed by atoms with Crippen LogP contribution < -0.4 is 11.1 Å². The molecule has 3 aromatic rings. The number of ether oxygens (including phenoxy) is 2. The average Bonchev–Trinajstić information content (AvgIpc) is 3.07. The van der Waals surface area contributed by atoms with E-state index in [0.29, 0.717) is 13.2 Å². The lowest BCUT2D eigenvalue weighted by Crippen LogP contribution is -2.12. The molecule has 0 aliphatic carbocycles. The van der Waals surface area contributed by atoms with Gasteiger partial charge in [-0.2, -0.15) is 20.2 Å². The van der Waals surface area contributed by atoms with Crippen molar-refractivity contribution in [3.8, 4) is 6.07 Å². The van der Waals surface area contributed by atoms with E-state index in [-0.39, 0.29) is 29.9 Å². The molecule has 0 unspecified atom stereocenters. The monoisotopic (exact) mass is 461 g/mol. The highest BCUT2D eigenvalue weighted by atomic mass is 16.5. The van der Waals surface area contributed by atoms with Gasteiger partial charge in [0.15, 0.2) is 12.4 Å². The SMILES string of the molecule is COCCn1c(C)cc(/C=C(\C#N)C(=O)OCc2nc(N)nc(Nc3ccccc3C)n2)c1C. The van der Waals surface area contributed by atoms with Gasteiger partial charge in [0.05, 0.1) is 6.61 Å². The maximum Gasteiger partial charge on any atom is 0.349 e. The number of benzene rings is 1. The number of hydrogen-bond acceptors (Lipinski definition) is 9. The van der Waals surface area contributed by atoms with Crippen LogP contribution in [0, 0.1) is 32.1 Å². The van der Waals surface area contributed by atoms with Crippen molar-refractivity contribution in [1.82, 2.24) is 19.5 Å². The van der Waals surface area contributed by atoms with Crippen LogP contribution in [0.25, 0.3) is 6.08 Å². The van der Waals surface area contributed by atoms with E-state index in [1.54, 1.807) is 7.11 Å². The predicted molar refractivity (Wildman–Crippen MR) is 128 cm³/mol. The molecule has 0 aliphatic heterocycles. The first-order valence-corrected chi connectivity index (χ1v) is 10.6. The molecule has 34 heavy (non-hydrogen) atoms. The Morgan fingerprint density at radius 1 is 1.24 bits per heavy atom. The fourth-order valence-electron chi connectivity index (χ4n) is 3.39. The van der Waals surface area contributed by atoms with Crippen LogP contribution in [0.4, 0.5) is 17.6 Å². The smallest absolute Gasteiger partial charge is 0.349 e. The fraction of sp³-hybridized carbons (Fsp3) is 0.292. The Kier molecular flexibility index (Phi) is 7.95. The number of nitriles is 1. The number of nitrogens with one attached hydrogen (secondary N) is 1. The topological polar surface area (TPSA) is 141 Å². The molecule has 0 bridgehead atoms. The molecule has 1 aromatic carbocycles. The molecule has 0 spiro atoms. The van der Waals surface area contributed by atoms with Gasteiger partial charge in [-0.25, -0.2) is 4.79 Å². The van der Waals surface area contributed by atoms with Gasteiger partial charge in [-0.3, -0.25) is 0 Å². The summed E-state index contributed by atoms with van der Waals surface area (Å²) in [6.45, 7) is 6.79. The lowest BCUT2D eigenvalue weighted by atomic mass is 10.1. The number of anilines is 3. The Balaban J connectivity index is 1.73. The van der Waals surface area contributed by atoms with Gasteiger partial charge in [-0.1, -0.05) is 18.2 Å². The van der Waals surface area contributed by atoms with E-state index < -0.39 is 5.97 Å². The molecule has 176 valence electrons. The third-order valence-corrected chi connectivity index (χ3v) is 5.19. The summed E-state index contributed by atoms with van der Waals surface area (Å²) in [4.78, 5) is 24.9. The van der Waals surface area contributed by atoms with E-state index >= 15 is 0 Å². The van der Waals surface area contributed by atoms with Gasteiger partial charge >= 0.3 is 5.97 Å². The molecule has 0 saturated carbocycles. The van der Waals surface area contributed by atoms with Crippen molar-refractivity contribution in [2.75, 3.05) is 24.8 Å². The van der Waals surface area contributed by atoms with E-state index in [4.69, 9.17) is 15.2 Å². The van der Waals surface area contributed by atoms with Crippen LogP contribution >= 0.6 is 0 Å². The number of methoxy groups -OCH3 is 1. The van der Waals surface area contributed by atoms with Gasteiger partial charge in [0, 0.05) is 30.7 Å². The summed E-state index contributed by atoms with van der Waals surface area (Å²) in [6, 6.07) is 11.4. The fourth-order valence-corrected chi connectivity index (χ4v) is 3.39. The van der Waals surface area contributed by atoms with Crippen molar-refractivity contribution in [2.24, 2.45) is 0 Å². The maximum absolute atomic E-state index is 12.6. The van der Waals surface area contributed by atoms with Crippen molar-refractivity contribution in [1.29, 1.82) is 5.26 Å². The zero-order valence-electron chi connectivity index (χ0n) is 19.6. The number of aryl methyl sites for hydroxylation is 2. The van der Waals surface area contributed by atoms with Crippen molar-refractivity contribution < 1.29 is 14.3 Å². The Morgan fingerprint density at radius 2 is 2.00 bits per heavy atom. The second kappa shape index (κ2) is 11.1. The summed E-state index contributed by atoms with van der Waals surface area (Å²) in [5, 5.41) is 12.6. The summed E-state index contributed by atoms with van der Waals surface area (Å²) in [5.74, 6) is -0.410. The molecule has 2 aromatic heterocycles. The van der Waals surface area contributed by atoms with Crippen LogP contribution in [0.15, 0.2) is 35.9 Å². The first-order chi connectivity index (χ1) is 16.3. The highest BCUT2D eigenvalue weighted by Crippen LogP contribution is 2.20. The van der Waals surface area contributed by atoms with Crippen molar-refractivity contribution >= 4 is 29.6 Å². The first-order valence-electron chi connectivity index (χ1n) is 10.6.